The Morgan fingerprint density at radius 3 is 2.28 bits per heavy atom. The lowest BCUT2D eigenvalue weighted by molar-refractivity contribution is -0.180. The van der Waals surface area contributed by atoms with Crippen LogP contribution >= 0.6 is 12.4 Å². The van der Waals surface area contributed by atoms with E-state index in [1.54, 1.807) is 0 Å². The minimum atomic E-state index is -0.889. The van der Waals surface area contributed by atoms with Crippen LogP contribution in [-0.4, -0.2) is 66.0 Å². The summed E-state index contributed by atoms with van der Waals surface area (Å²) in [5.74, 6) is 0.101. The molecule has 2 unspecified atom stereocenters. The number of ether oxygens (including phenoxy) is 1. The monoisotopic (exact) mass is 423 g/mol. The second-order valence-electron chi connectivity index (χ2n) is 8.62. The van der Waals surface area contributed by atoms with Gasteiger partial charge in [0, 0.05) is 44.6 Å². The van der Waals surface area contributed by atoms with Crippen LogP contribution in [0.5, 0.6) is 0 Å². The number of carbonyl (C=O) groups excluding carboxylic acids is 2. The highest BCUT2D eigenvalue weighted by Gasteiger charge is 2.63. The molecule has 2 fully saturated rings. The Hall–Kier alpha value is -1.63. The van der Waals surface area contributed by atoms with Crippen LogP contribution in [0.25, 0.3) is 0 Å². The SMILES string of the molecule is CCOC1CC(N)(C(=O)N2CCN(C(=O)Cc3ccccc3C)CC2)C1(C)C.Cl. The number of halogens is 1. The summed E-state index contributed by atoms with van der Waals surface area (Å²) in [4.78, 5) is 29.5. The number of nitrogens with two attached hydrogens (primary N) is 1. The molecule has 0 radical (unpaired) electrons. The van der Waals surface area contributed by atoms with Gasteiger partial charge in [-0.3, -0.25) is 9.59 Å². The van der Waals surface area contributed by atoms with Gasteiger partial charge in [-0.1, -0.05) is 38.1 Å². The third kappa shape index (κ3) is 4.30. The number of carbonyl (C=O) groups is 2. The van der Waals surface area contributed by atoms with Crippen LogP contribution in [0.2, 0.25) is 0 Å². The van der Waals surface area contributed by atoms with E-state index in [0.717, 1.165) is 11.1 Å². The first-order chi connectivity index (χ1) is 13.2. The molecule has 0 aromatic heterocycles. The molecule has 29 heavy (non-hydrogen) atoms. The van der Waals surface area contributed by atoms with E-state index in [1.165, 1.54) is 0 Å². The van der Waals surface area contributed by atoms with Crippen LogP contribution < -0.4 is 5.73 Å². The van der Waals surface area contributed by atoms with E-state index in [0.29, 0.717) is 45.6 Å². The molecule has 3 rings (SSSR count). The Bertz CT molecular complexity index is 747. The van der Waals surface area contributed by atoms with E-state index in [4.69, 9.17) is 10.5 Å². The Morgan fingerprint density at radius 1 is 1.14 bits per heavy atom. The molecule has 1 saturated carbocycles. The minimum Gasteiger partial charge on any atom is -0.378 e. The van der Waals surface area contributed by atoms with Crippen molar-refractivity contribution in [3.05, 3.63) is 35.4 Å². The lowest BCUT2D eigenvalue weighted by atomic mass is 9.54. The molecule has 1 aromatic carbocycles. The first-order valence-corrected chi connectivity index (χ1v) is 10.2. The predicted molar refractivity (Wildman–Crippen MR) is 116 cm³/mol. The number of hydrogen-bond acceptors (Lipinski definition) is 4. The first-order valence-electron chi connectivity index (χ1n) is 10.2. The summed E-state index contributed by atoms with van der Waals surface area (Å²) in [6.07, 6.45) is 0.979. The quantitative estimate of drug-likeness (QED) is 0.787. The van der Waals surface area contributed by atoms with Crippen LogP contribution in [0.3, 0.4) is 0 Å². The van der Waals surface area contributed by atoms with Crippen molar-refractivity contribution in [2.24, 2.45) is 11.1 Å². The van der Waals surface area contributed by atoms with Crippen LogP contribution in [0.15, 0.2) is 24.3 Å². The largest absolute Gasteiger partial charge is 0.378 e. The highest BCUT2D eigenvalue weighted by atomic mass is 35.5. The summed E-state index contributed by atoms with van der Waals surface area (Å²) in [6.45, 7) is 10.8. The molecule has 2 atom stereocenters. The fourth-order valence-electron chi connectivity index (χ4n) is 4.32. The van der Waals surface area contributed by atoms with E-state index in [-0.39, 0.29) is 30.3 Å². The molecular weight excluding hydrogens is 390 g/mol. The van der Waals surface area contributed by atoms with Crippen molar-refractivity contribution in [3.63, 3.8) is 0 Å². The van der Waals surface area contributed by atoms with Crippen molar-refractivity contribution in [1.82, 2.24) is 9.80 Å². The topological polar surface area (TPSA) is 75.9 Å². The van der Waals surface area contributed by atoms with Gasteiger partial charge in [0.05, 0.1) is 12.5 Å². The Morgan fingerprint density at radius 2 is 1.72 bits per heavy atom. The Labute approximate surface area is 180 Å². The Kier molecular flexibility index (Phi) is 7.36. The molecule has 1 heterocycles. The fraction of sp³-hybridized carbons (Fsp3) is 0.636. The van der Waals surface area contributed by atoms with Crippen molar-refractivity contribution in [2.75, 3.05) is 32.8 Å². The van der Waals surface area contributed by atoms with Gasteiger partial charge in [-0.15, -0.1) is 12.4 Å². The Balaban J connectivity index is 0.00000300. The maximum absolute atomic E-state index is 13.1. The van der Waals surface area contributed by atoms with E-state index in [1.807, 2.05) is 61.8 Å². The van der Waals surface area contributed by atoms with Gasteiger partial charge in [-0.05, 0) is 25.0 Å². The molecule has 2 amide bonds. The van der Waals surface area contributed by atoms with Gasteiger partial charge < -0.3 is 20.3 Å². The summed E-state index contributed by atoms with van der Waals surface area (Å²) >= 11 is 0. The zero-order valence-electron chi connectivity index (χ0n) is 17.9. The highest BCUT2D eigenvalue weighted by molar-refractivity contribution is 5.89. The number of amides is 2. The summed E-state index contributed by atoms with van der Waals surface area (Å²) in [5.41, 5.74) is 7.45. The molecule has 0 bridgehead atoms. The second-order valence-corrected chi connectivity index (χ2v) is 8.62. The molecule has 162 valence electrons. The maximum atomic E-state index is 13.1. The third-order valence-electron chi connectivity index (χ3n) is 6.73. The van der Waals surface area contributed by atoms with Crippen molar-refractivity contribution in [3.8, 4) is 0 Å². The molecule has 2 N–H and O–H groups in total. The molecule has 1 aromatic rings. The first kappa shape index (κ1) is 23.6. The molecule has 1 saturated heterocycles. The van der Waals surface area contributed by atoms with E-state index < -0.39 is 11.0 Å². The summed E-state index contributed by atoms with van der Waals surface area (Å²) < 4.78 is 5.74. The molecule has 6 nitrogen and oxygen atoms in total. The number of aryl methyl sites for hydroxylation is 1. The molecule has 1 aliphatic carbocycles. The van der Waals surface area contributed by atoms with Gasteiger partial charge in [0.1, 0.15) is 5.54 Å². The number of hydrogen-bond donors (Lipinski definition) is 1. The van der Waals surface area contributed by atoms with Crippen molar-refractivity contribution < 1.29 is 14.3 Å². The van der Waals surface area contributed by atoms with E-state index in [2.05, 4.69) is 0 Å². The zero-order valence-corrected chi connectivity index (χ0v) is 18.8. The normalized spacial score (nSPS) is 25.8. The number of nitrogens with zero attached hydrogens (tertiary/aromatic N) is 2. The van der Waals surface area contributed by atoms with Gasteiger partial charge in [0.2, 0.25) is 11.8 Å². The average molecular weight is 424 g/mol. The van der Waals surface area contributed by atoms with Crippen LogP contribution in [0.1, 0.15) is 38.3 Å². The minimum absolute atomic E-state index is 0. The molecular formula is C22H34ClN3O3. The van der Waals surface area contributed by atoms with Gasteiger partial charge in [-0.25, -0.2) is 0 Å². The molecule has 0 spiro atoms. The van der Waals surface area contributed by atoms with Crippen molar-refractivity contribution >= 4 is 24.2 Å². The zero-order chi connectivity index (χ0) is 20.5. The number of benzene rings is 1. The summed E-state index contributed by atoms with van der Waals surface area (Å²) in [6, 6.07) is 7.96. The number of piperazine rings is 1. The van der Waals surface area contributed by atoms with Gasteiger partial charge >= 0.3 is 0 Å². The number of rotatable bonds is 5. The maximum Gasteiger partial charge on any atom is 0.243 e. The van der Waals surface area contributed by atoms with Crippen LogP contribution in [-0.2, 0) is 20.7 Å². The van der Waals surface area contributed by atoms with Gasteiger partial charge in [0.25, 0.3) is 0 Å². The van der Waals surface area contributed by atoms with Gasteiger partial charge in [-0.2, -0.15) is 0 Å². The van der Waals surface area contributed by atoms with E-state index >= 15 is 0 Å². The van der Waals surface area contributed by atoms with Crippen molar-refractivity contribution in [1.29, 1.82) is 0 Å². The fourth-order valence-corrected chi connectivity index (χ4v) is 4.32. The molecule has 2 aliphatic rings. The highest BCUT2D eigenvalue weighted by Crippen LogP contribution is 2.50. The summed E-state index contributed by atoms with van der Waals surface area (Å²) in [7, 11) is 0. The smallest absolute Gasteiger partial charge is 0.243 e. The lowest BCUT2D eigenvalue weighted by Crippen LogP contribution is -2.76. The molecule has 1 aliphatic heterocycles. The lowest BCUT2D eigenvalue weighted by Gasteiger charge is -2.59. The summed E-state index contributed by atoms with van der Waals surface area (Å²) in [5, 5.41) is 0. The standard InChI is InChI=1S/C22H33N3O3.ClH/c1-5-28-18-15-22(23,21(18,3)4)20(27)25-12-10-24(11-13-25)19(26)14-17-9-7-6-8-16(17)2;/h6-9,18H,5,10-15,23H2,1-4H3;1H. The van der Waals surface area contributed by atoms with Crippen molar-refractivity contribution in [2.45, 2.75) is 52.2 Å². The van der Waals surface area contributed by atoms with Gasteiger partial charge in [0.15, 0.2) is 0 Å². The van der Waals surface area contributed by atoms with Crippen LogP contribution in [0.4, 0.5) is 0 Å². The van der Waals surface area contributed by atoms with Crippen LogP contribution in [0, 0.1) is 12.3 Å². The predicted octanol–water partition coefficient (Wildman–Crippen LogP) is 2.16. The second kappa shape index (κ2) is 9.02. The third-order valence-corrected chi connectivity index (χ3v) is 6.73. The average Bonchev–Trinajstić information content (AvgIpc) is 2.69. The van der Waals surface area contributed by atoms with E-state index in [9.17, 15) is 9.59 Å². The molecule has 7 heteroatoms.